The summed E-state index contributed by atoms with van der Waals surface area (Å²) in [4.78, 5) is 12.7. The molecule has 4 rings (SSSR count). The van der Waals surface area contributed by atoms with E-state index in [0.717, 1.165) is 46.1 Å². The lowest BCUT2D eigenvalue weighted by Gasteiger charge is -2.14. The summed E-state index contributed by atoms with van der Waals surface area (Å²) in [5.41, 5.74) is 7.06. The zero-order chi connectivity index (χ0) is 24.1. The van der Waals surface area contributed by atoms with Crippen LogP contribution in [0, 0.1) is 6.92 Å². The third-order valence-electron chi connectivity index (χ3n) is 6.13. The van der Waals surface area contributed by atoms with E-state index in [1.807, 2.05) is 44.2 Å². The van der Waals surface area contributed by atoms with E-state index in [2.05, 4.69) is 48.6 Å². The van der Waals surface area contributed by atoms with Gasteiger partial charge in [0.2, 0.25) is 5.91 Å². The number of allylic oxidation sites excluding steroid dienone is 1. The average Bonchev–Trinajstić information content (AvgIpc) is 3.25. The molecule has 4 nitrogen and oxygen atoms in total. The monoisotopic (exact) mass is 453 g/mol. The van der Waals surface area contributed by atoms with Crippen LogP contribution in [0.25, 0.3) is 27.7 Å². The number of hydrogen-bond acceptors (Lipinski definition) is 3. The molecule has 174 valence electrons. The van der Waals surface area contributed by atoms with Gasteiger partial charge in [-0.05, 0) is 56.4 Å². The first-order valence-corrected chi connectivity index (χ1v) is 11.6. The Kier molecular flexibility index (Phi) is 7.17. The molecule has 0 saturated carbocycles. The quantitative estimate of drug-likeness (QED) is 0.294. The van der Waals surface area contributed by atoms with Gasteiger partial charge in [0.05, 0.1) is 13.4 Å². The Morgan fingerprint density at radius 2 is 1.82 bits per heavy atom. The van der Waals surface area contributed by atoms with Crippen molar-refractivity contribution in [2.24, 2.45) is 0 Å². The molecule has 0 saturated heterocycles. The molecule has 1 N–H and O–H groups in total. The van der Waals surface area contributed by atoms with Crippen molar-refractivity contribution in [2.45, 2.75) is 39.7 Å². The van der Waals surface area contributed by atoms with Crippen LogP contribution in [-0.2, 0) is 11.2 Å². The van der Waals surface area contributed by atoms with E-state index in [-0.39, 0.29) is 11.9 Å². The lowest BCUT2D eigenvalue weighted by Crippen LogP contribution is -2.31. The van der Waals surface area contributed by atoms with Crippen LogP contribution in [0.3, 0.4) is 0 Å². The van der Waals surface area contributed by atoms with Crippen molar-refractivity contribution in [3.63, 3.8) is 0 Å². The molecule has 0 bridgehead atoms. The highest BCUT2D eigenvalue weighted by molar-refractivity contribution is 6.00. The number of hydrogen-bond donors (Lipinski definition) is 1. The number of amides is 1. The van der Waals surface area contributed by atoms with Gasteiger partial charge in [0, 0.05) is 34.7 Å². The highest BCUT2D eigenvalue weighted by Crippen LogP contribution is 2.37. The first kappa shape index (κ1) is 23.4. The molecule has 0 spiro atoms. The predicted octanol–water partition coefficient (Wildman–Crippen LogP) is 6.96. The summed E-state index contributed by atoms with van der Waals surface area (Å²) in [7, 11) is 1.63. The fourth-order valence-corrected chi connectivity index (χ4v) is 4.15. The number of furan rings is 1. The zero-order valence-corrected chi connectivity index (χ0v) is 20.2. The Bertz CT molecular complexity index is 1300. The molecule has 0 fully saturated rings. The lowest BCUT2D eigenvalue weighted by atomic mass is 9.98. The number of rotatable bonds is 8. The normalized spacial score (nSPS) is 12.5. The van der Waals surface area contributed by atoms with Gasteiger partial charge in [-0.15, -0.1) is 0 Å². The Labute approximate surface area is 201 Å². The second-order valence-electron chi connectivity index (χ2n) is 8.83. The van der Waals surface area contributed by atoms with Crippen LogP contribution in [0.5, 0.6) is 5.75 Å². The van der Waals surface area contributed by atoms with Crippen molar-refractivity contribution in [1.29, 1.82) is 0 Å². The SMILES string of the molecule is COc1cc2occ(-c3ccc(C)cc3)c2cc1/C(C)=C/C(=O)NC(C)CCc1ccccc1. The van der Waals surface area contributed by atoms with E-state index in [4.69, 9.17) is 9.15 Å². The molecule has 1 heterocycles. The predicted molar refractivity (Wildman–Crippen MR) is 139 cm³/mol. The summed E-state index contributed by atoms with van der Waals surface area (Å²) in [5, 5.41) is 4.08. The molecule has 3 aromatic carbocycles. The number of methoxy groups -OCH3 is 1. The lowest BCUT2D eigenvalue weighted by molar-refractivity contribution is -0.117. The van der Waals surface area contributed by atoms with Crippen molar-refractivity contribution < 1.29 is 13.9 Å². The molecule has 34 heavy (non-hydrogen) atoms. The van der Waals surface area contributed by atoms with Crippen LogP contribution in [-0.4, -0.2) is 19.1 Å². The number of nitrogens with one attached hydrogen (secondary N) is 1. The number of benzene rings is 3. The highest BCUT2D eigenvalue weighted by Gasteiger charge is 2.15. The second-order valence-corrected chi connectivity index (χ2v) is 8.83. The van der Waals surface area contributed by atoms with Crippen LogP contribution in [0.1, 0.15) is 37.0 Å². The van der Waals surface area contributed by atoms with Crippen LogP contribution < -0.4 is 10.1 Å². The van der Waals surface area contributed by atoms with Gasteiger partial charge in [-0.25, -0.2) is 0 Å². The molecular weight excluding hydrogens is 422 g/mol. The van der Waals surface area contributed by atoms with Crippen molar-refractivity contribution in [3.8, 4) is 16.9 Å². The molecule has 0 aliphatic rings. The summed E-state index contributed by atoms with van der Waals surface area (Å²) < 4.78 is 11.5. The summed E-state index contributed by atoms with van der Waals surface area (Å²) in [6.45, 7) is 6.04. The van der Waals surface area contributed by atoms with Crippen molar-refractivity contribution in [1.82, 2.24) is 5.32 Å². The topological polar surface area (TPSA) is 51.5 Å². The van der Waals surface area contributed by atoms with Gasteiger partial charge >= 0.3 is 0 Å². The summed E-state index contributed by atoms with van der Waals surface area (Å²) >= 11 is 0. The number of carbonyl (C=O) groups excluding carboxylic acids is 1. The van der Waals surface area contributed by atoms with Gasteiger partial charge in [0.15, 0.2) is 0 Å². The van der Waals surface area contributed by atoms with Gasteiger partial charge < -0.3 is 14.5 Å². The Morgan fingerprint density at radius 1 is 1.09 bits per heavy atom. The van der Waals surface area contributed by atoms with E-state index in [0.29, 0.717) is 5.75 Å². The minimum atomic E-state index is -0.105. The first-order valence-electron chi connectivity index (χ1n) is 11.6. The highest BCUT2D eigenvalue weighted by atomic mass is 16.5. The Hall–Kier alpha value is -3.79. The van der Waals surface area contributed by atoms with Crippen molar-refractivity contribution >= 4 is 22.4 Å². The maximum absolute atomic E-state index is 12.7. The standard InChI is InChI=1S/C30H31NO3/c1-20-10-14-24(15-11-20)27-19-34-29-18-28(33-4)25(17-26(27)29)21(2)16-30(32)31-22(3)12-13-23-8-6-5-7-9-23/h5-11,14-19,22H,12-13H2,1-4H3,(H,31,32)/b21-16+. The molecule has 0 aliphatic heterocycles. The molecule has 1 unspecified atom stereocenters. The maximum atomic E-state index is 12.7. The van der Waals surface area contributed by atoms with E-state index >= 15 is 0 Å². The number of aryl methyl sites for hydroxylation is 2. The van der Waals surface area contributed by atoms with Crippen LogP contribution in [0.15, 0.2) is 83.5 Å². The molecule has 0 aliphatic carbocycles. The molecule has 1 amide bonds. The molecule has 1 aromatic heterocycles. The number of fused-ring (bicyclic) bond motifs is 1. The number of ether oxygens (including phenoxy) is 1. The Balaban J connectivity index is 1.54. The van der Waals surface area contributed by atoms with Gasteiger partial charge in [-0.1, -0.05) is 60.2 Å². The summed E-state index contributed by atoms with van der Waals surface area (Å²) in [6, 6.07) is 22.7. The summed E-state index contributed by atoms with van der Waals surface area (Å²) in [5.74, 6) is 0.571. The van der Waals surface area contributed by atoms with Crippen LogP contribution >= 0.6 is 0 Å². The molecule has 4 aromatic rings. The van der Waals surface area contributed by atoms with Gasteiger partial charge in [-0.3, -0.25) is 4.79 Å². The van der Waals surface area contributed by atoms with E-state index < -0.39 is 0 Å². The number of carbonyl (C=O) groups is 1. The van der Waals surface area contributed by atoms with Crippen LogP contribution in [0.4, 0.5) is 0 Å². The maximum Gasteiger partial charge on any atom is 0.244 e. The van der Waals surface area contributed by atoms with E-state index in [1.54, 1.807) is 19.4 Å². The summed E-state index contributed by atoms with van der Waals surface area (Å²) in [6.07, 6.45) is 5.23. The molecule has 0 radical (unpaired) electrons. The minimum absolute atomic E-state index is 0.0724. The minimum Gasteiger partial charge on any atom is -0.496 e. The smallest absolute Gasteiger partial charge is 0.244 e. The molecular formula is C30H31NO3. The third kappa shape index (κ3) is 5.40. The van der Waals surface area contributed by atoms with Crippen molar-refractivity contribution in [2.75, 3.05) is 7.11 Å². The van der Waals surface area contributed by atoms with Crippen LogP contribution in [0.2, 0.25) is 0 Å². The zero-order valence-electron chi connectivity index (χ0n) is 20.2. The van der Waals surface area contributed by atoms with E-state index in [9.17, 15) is 4.79 Å². The van der Waals surface area contributed by atoms with Gasteiger partial charge in [0.1, 0.15) is 11.3 Å². The van der Waals surface area contributed by atoms with Gasteiger partial charge in [-0.2, -0.15) is 0 Å². The first-order chi connectivity index (χ1) is 16.4. The second kappa shape index (κ2) is 10.4. The fraction of sp³-hybridized carbons (Fsp3) is 0.233. The van der Waals surface area contributed by atoms with Gasteiger partial charge in [0.25, 0.3) is 0 Å². The molecule has 1 atom stereocenters. The largest absolute Gasteiger partial charge is 0.496 e. The molecule has 4 heteroatoms. The average molecular weight is 454 g/mol. The Morgan fingerprint density at radius 3 is 2.53 bits per heavy atom. The van der Waals surface area contributed by atoms with Crippen molar-refractivity contribution in [3.05, 3.63) is 95.8 Å². The fourth-order valence-electron chi connectivity index (χ4n) is 4.15. The van der Waals surface area contributed by atoms with E-state index in [1.165, 1.54) is 11.1 Å². The third-order valence-corrected chi connectivity index (χ3v) is 6.13.